The van der Waals surface area contributed by atoms with Gasteiger partial charge in [-0.05, 0) is 24.5 Å². The molecule has 0 saturated carbocycles. The topological polar surface area (TPSA) is 55.4 Å². The van der Waals surface area contributed by atoms with Crippen molar-refractivity contribution in [2.45, 2.75) is 25.6 Å². The Morgan fingerprint density at radius 2 is 1.95 bits per heavy atom. The lowest BCUT2D eigenvalue weighted by atomic mass is 9.91. The van der Waals surface area contributed by atoms with E-state index in [0.29, 0.717) is 12.0 Å². The molecule has 1 aromatic carbocycles. The van der Waals surface area contributed by atoms with Gasteiger partial charge in [0.15, 0.2) is 0 Å². The largest absolute Gasteiger partial charge is 0.573 e. The van der Waals surface area contributed by atoms with Gasteiger partial charge in [-0.2, -0.15) is 0 Å². The van der Waals surface area contributed by atoms with Gasteiger partial charge in [-0.1, -0.05) is 18.2 Å². The molecule has 1 saturated heterocycles. The molecule has 0 spiro atoms. The zero-order valence-corrected chi connectivity index (χ0v) is 10.4. The summed E-state index contributed by atoms with van der Waals surface area (Å²) in [6.45, 7) is 0. The number of para-hydroxylation sites is 1. The van der Waals surface area contributed by atoms with Crippen molar-refractivity contribution in [1.82, 2.24) is 5.32 Å². The molecule has 1 aliphatic rings. The van der Waals surface area contributed by atoms with Crippen LogP contribution < -0.4 is 10.1 Å². The second kappa shape index (κ2) is 5.52. The first-order valence-corrected chi connectivity index (χ1v) is 6.02. The summed E-state index contributed by atoms with van der Waals surface area (Å²) in [5.41, 5.74) is 0.291. The minimum atomic E-state index is -4.78. The molecule has 4 nitrogen and oxygen atoms in total. The van der Waals surface area contributed by atoms with Gasteiger partial charge in [0.2, 0.25) is 11.8 Å². The predicted molar refractivity (Wildman–Crippen MR) is 62.7 cm³/mol. The minimum Gasteiger partial charge on any atom is -0.406 e. The molecule has 2 amide bonds. The molecule has 1 aromatic rings. The Hall–Kier alpha value is -2.05. The van der Waals surface area contributed by atoms with Crippen molar-refractivity contribution in [3.63, 3.8) is 0 Å². The lowest BCUT2D eigenvalue weighted by molar-refractivity contribution is -0.274. The number of rotatable bonds is 3. The maximum Gasteiger partial charge on any atom is 0.573 e. The maximum atomic E-state index is 12.3. The van der Waals surface area contributed by atoms with E-state index in [1.165, 1.54) is 18.2 Å². The van der Waals surface area contributed by atoms with Crippen LogP contribution in [-0.2, 0) is 16.0 Å². The van der Waals surface area contributed by atoms with Crippen LogP contribution in [0.15, 0.2) is 24.3 Å². The highest BCUT2D eigenvalue weighted by Crippen LogP contribution is 2.29. The number of piperidine rings is 1. The first-order chi connectivity index (χ1) is 9.35. The number of halogens is 3. The number of amides is 2. The fourth-order valence-corrected chi connectivity index (χ4v) is 2.10. The van der Waals surface area contributed by atoms with Crippen LogP contribution in [-0.4, -0.2) is 18.2 Å². The molecule has 0 bridgehead atoms. The second-order valence-corrected chi connectivity index (χ2v) is 4.51. The quantitative estimate of drug-likeness (QED) is 0.867. The molecule has 1 atom stereocenters. The van der Waals surface area contributed by atoms with Gasteiger partial charge in [-0.25, -0.2) is 0 Å². The summed E-state index contributed by atoms with van der Waals surface area (Å²) in [5, 5.41) is 2.18. The normalized spacial score (nSPS) is 19.6. The Kier molecular flexibility index (Phi) is 3.96. The molecule has 0 aromatic heterocycles. The van der Waals surface area contributed by atoms with E-state index in [0.717, 1.165) is 0 Å². The summed E-state index contributed by atoms with van der Waals surface area (Å²) in [5.74, 6) is -1.65. The van der Waals surface area contributed by atoms with Crippen LogP contribution in [0.1, 0.15) is 18.4 Å². The third kappa shape index (κ3) is 3.72. The van der Waals surface area contributed by atoms with Crippen LogP contribution in [0.25, 0.3) is 0 Å². The lowest BCUT2D eigenvalue weighted by Crippen LogP contribution is -2.41. The average Bonchev–Trinajstić information content (AvgIpc) is 2.33. The number of benzene rings is 1. The van der Waals surface area contributed by atoms with E-state index < -0.39 is 18.2 Å². The maximum absolute atomic E-state index is 12.3. The van der Waals surface area contributed by atoms with Crippen LogP contribution >= 0.6 is 0 Å². The molecule has 7 heteroatoms. The molecule has 2 rings (SSSR count). The molecule has 0 radical (unpaired) electrons. The van der Waals surface area contributed by atoms with Gasteiger partial charge in [0, 0.05) is 12.3 Å². The van der Waals surface area contributed by atoms with Crippen LogP contribution in [0.4, 0.5) is 13.2 Å². The van der Waals surface area contributed by atoms with Crippen molar-refractivity contribution in [1.29, 1.82) is 0 Å². The van der Waals surface area contributed by atoms with Crippen LogP contribution in [0, 0.1) is 5.92 Å². The Labute approximate surface area is 112 Å². The van der Waals surface area contributed by atoms with Gasteiger partial charge in [0.25, 0.3) is 0 Å². The summed E-state index contributed by atoms with van der Waals surface area (Å²) in [7, 11) is 0. The van der Waals surface area contributed by atoms with Crippen LogP contribution in [0.5, 0.6) is 5.75 Å². The van der Waals surface area contributed by atoms with E-state index in [-0.39, 0.29) is 24.5 Å². The van der Waals surface area contributed by atoms with E-state index in [1.807, 2.05) is 0 Å². The van der Waals surface area contributed by atoms with Gasteiger partial charge in [0.05, 0.1) is 0 Å². The molecule has 1 fully saturated rings. The summed E-state index contributed by atoms with van der Waals surface area (Å²) >= 11 is 0. The fraction of sp³-hybridized carbons (Fsp3) is 0.385. The number of ether oxygens (including phenoxy) is 1. The van der Waals surface area contributed by atoms with Crippen molar-refractivity contribution in [2.75, 3.05) is 0 Å². The highest BCUT2D eigenvalue weighted by molar-refractivity contribution is 5.98. The highest BCUT2D eigenvalue weighted by Gasteiger charge is 2.33. The van der Waals surface area contributed by atoms with E-state index >= 15 is 0 Å². The van der Waals surface area contributed by atoms with Gasteiger partial charge < -0.3 is 4.74 Å². The minimum absolute atomic E-state index is 0.103. The first kappa shape index (κ1) is 14.4. The Bertz CT molecular complexity index is 528. The molecule has 1 aliphatic heterocycles. The molecule has 1 unspecified atom stereocenters. The standard InChI is InChI=1S/C13H12F3NO3/c14-13(15,16)20-10-4-2-1-3-8(10)7-9-5-6-11(18)17-12(9)19/h1-4,9H,5-7H2,(H,17,18,19). The lowest BCUT2D eigenvalue weighted by Gasteiger charge is -2.22. The Morgan fingerprint density at radius 1 is 1.25 bits per heavy atom. The van der Waals surface area contributed by atoms with E-state index in [4.69, 9.17) is 0 Å². The van der Waals surface area contributed by atoms with Crippen molar-refractivity contribution in [2.24, 2.45) is 5.92 Å². The molecule has 1 N–H and O–H groups in total. The van der Waals surface area contributed by atoms with Gasteiger partial charge in [0.1, 0.15) is 5.75 Å². The zero-order chi connectivity index (χ0) is 14.8. The third-order valence-electron chi connectivity index (χ3n) is 3.02. The number of nitrogens with one attached hydrogen (secondary N) is 1. The predicted octanol–water partition coefficient (Wildman–Crippen LogP) is 2.18. The SMILES string of the molecule is O=C1CCC(Cc2ccccc2OC(F)(F)F)C(=O)N1. The molecular weight excluding hydrogens is 275 g/mol. The van der Waals surface area contributed by atoms with E-state index in [2.05, 4.69) is 10.1 Å². The van der Waals surface area contributed by atoms with Gasteiger partial charge in [-0.3, -0.25) is 14.9 Å². The third-order valence-corrected chi connectivity index (χ3v) is 3.02. The van der Waals surface area contributed by atoms with Gasteiger partial charge >= 0.3 is 6.36 Å². The van der Waals surface area contributed by atoms with Crippen LogP contribution in [0.3, 0.4) is 0 Å². The molecular formula is C13H12F3NO3. The number of imide groups is 1. The number of hydrogen-bond donors (Lipinski definition) is 1. The summed E-state index contributed by atoms with van der Waals surface area (Å²) in [6.07, 6.45) is -4.16. The fourth-order valence-electron chi connectivity index (χ4n) is 2.10. The number of alkyl halides is 3. The van der Waals surface area contributed by atoms with Crippen molar-refractivity contribution in [3.8, 4) is 5.75 Å². The van der Waals surface area contributed by atoms with Crippen LogP contribution in [0.2, 0.25) is 0 Å². The number of carbonyl (C=O) groups excluding carboxylic acids is 2. The Balaban J connectivity index is 2.13. The molecule has 0 aliphatic carbocycles. The van der Waals surface area contributed by atoms with Crippen molar-refractivity contribution >= 4 is 11.8 Å². The Morgan fingerprint density at radius 3 is 2.60 bits per heavy atom. The van der Waals surface area contributed by atoms with E-state index in [9.17, 15) is 22.8 Å². The number of carbonyl (C=O) groups is 2. The summed E-state index contributed by atoms with van der Waals surface area (Å²) in [6, 6.07) is 5.68. The molecule has 20 heavy (non-hydrogen) atoms. The monoisotopic (exact) mass is 287 g/mol. The smallest absolute Gasteiger partial charge is 0.406 e. The second-order valence-electron chi connectivity index (χ2n) is 4.51. The number of hydrogen-bond acceptors (Lipinski definition) is 3. The molecule has 1 heterocycles. The summed E-state index contributed by atoms with van der Waals surface area (Å²) in [4.78, 5) is 22.6. The summed E-state index contributed by atoms with van der Waals surface area (Å²) < 4.78 is 40.8. The van der Waals surface area contributed by atoms with Gasteiger partial charge in [-0.15, -0.1) is 13.2 Å². The van der Waals surface area contributed by atoms with E-state index in [1.54, 1.807) is 6.07 Å². The average molecular weight is 287 g/mol. The first-order valence-electron chi connectivity index (χ1n) is 6.02. The van der Waals surface area contributed by atoms with Crippen molar-refractivity contribution in [3.05, 3.63) is 29.8 Å². The zero-order valence-electron chi connectivity index (χ0n) is 10.4. The molecule has 108 valence electrons. The van der Waals surface area contributed by atoms with Crippen molar-refractivity contribution < 1.29 is 27.5 Å². The highest BCUT2D eigenvalue weighted by atomic mass is 19.4.